The zero-order valence-electron chi connectivity index (χ0n) is 17.0. The Labute approximate surface area is 165 Å². The number of hydrogen-bond donors (Lipinski definition) is 0. The molecule has 1 aliphatic rings. The first-order chi connectivity index (χ1) is 13.3. The van der Waals surface area contributed by atoms with E-state index in [2.05, 4.69) is 67.6 Å². The minimum Gasteiger partial charge on any atom is -0.377 e. The summed E-state index contributed by atoms with van der Waals surface area (Å²) in [5.74, 6) is 1.65. The molecule has 0 saturated heterocycles. The fourth-order valence-corrected chi connectivity index (χ4v) is 4.15. The van der Waals surface area contributed by atoms with Crippen LogP contribution in [0.15, 0.2) is 60.7 Å². The zero-order valence-corrected chi connectivity index (χ0v) is 17.0. The van der Waals surface area contributed by atoms with Gasteiger partial charge in [0.1, 0.15) is 0 Å². The number of hydrogen-bond acceptors (Lipinski definition) is 1. The summed E-state index contributed by atoms with van der Waals surface area (Å²) in [5, 5.41) is 0. The average Bonchev–Trinajstić information content (AvgIpc) is 2.73. The van der Waals surface area contributed by atoms with Gasteiger partial charge in [0, 0.05) is 6.61 Å². The molecule has 0 heterocycles. The van der Waals surface area contributed by atoms with Gasteiger partial charge in [-0.3, -0.25) is 0 Å². The Morgan fingerprint density at radius 1 is 0.815 bits per heavy atom. The summed E-state index contributed by atoms with van der Waals surface area (Å²) in [7, 11) is 0. The first-order valence-corrected chi connectivity index (χ1v) is 10.7. The molecule has 0 radical (unpaired) electrons. The second-order valence-electron chi connectivity index (χ2n) is 7.79. The Balaban J connectivity index is 1.55. The van der Waals surface area contributed by atoms with E-state index >= 15 is 0 Å². The van der Waals surface area contributed by atoms with E-state index in [-0.39, 0.29) is 0 Å². The Morgan fingerprint density at radius 2 is 1.44 bits per heavy atom. The van der Waals surface area contributed by atoms with Crippen molar-refractivity contribution in [1.29, 1.82) is 0 Å². The van der Waals surface area contributed by atoms with E-state index < -0.39 is 0 Å². The smallest absolute Gasteiger partial charge is 0.0716 e. The monoisotopic (exact) mass is 362 g/mol. The van der Waals surface area contributed by atoms with Gasteiger partial charge in [0.05, 0.1) is 6.61 Å². The van der Waals surface area contributed by atoms with E-state index in [0.29, 0.717) is 6.61 Å². The SMILES string of the molecule is CCC=CC[C@H]1CC[C@H](c2ccc(-c3ccc(COCC)cc3)cc2)CC1. The molecular formula is C26H34O. The van der Waals surface area contributed by atoms with Crippen LogP contribution in [0.25, 0.3) is 11.1 Å². The topological polar surface area (TPSA) is 9.23 Å². The van der Waals surface area contributed by atoms with Crippen molar-refractivity contribution in [2.45, 2.75) is 64.9 Å². The van der Waals surface area contributed by atoms with Gasteiger partial charge in [-0.2, -0.15) is 0 Å². The standard InChI is InChI=1S/C26H34O/c1-3-5-6-7-21-8-12-23(13-9-21)25-16-18-26(19-17-25)24-14-10-22(11-15-24)20-27-4-2/h5-6,10-11,14-19,21,23H,3-4,7-9,12-13,20H2,1-2H3/t21-,23-. The van der Waals surface area contributed by atoms with Crippen molar-refractivity contribution in [1.82, 2.24) is 0 Å². The molecule has 0 atom stereocenters. The number of benzene rings is 2. The van der Waals surface area contributed by atoms with Crippen molar-refractivity contribution in [2.24, 2.45) is 5.92 Å². The predicted molar refractivity (Wildman–Crippen MR) is 116 cm³/mol. The van der Waals surface area contributed by atoms with Crippen LogP contribution >= 0.6 is 0 Å². The van der Waals surface area contributed by atoms with Gasteiger partial charge in [0.25, 0.3) is 0 Å². The van der Waals surface area contributed by atoms with Crippen LogP contribution in [0.5, 0.6) is 0 Å². The Bertz CT molecular complexity index is 688. The molecule has 0 bridgehead atoms. The van der Waals surface area contributed by atoms with Gasteiger partial charge in [-0.25, -0.2) is 0 Å². The molecule has 0 amide bonds. The molecule has 0 spiro atoms. The van der Waals surface area contributed by atoms with E-state index in [4.69, 9.17) is 4.74 Å². The first kappa shape index (κ1) is 19.9. The van der Waals surface area contributed by atoms with Crippen LogP contribution in [-0.2, 0) is 11.3 Å². The molecule has 1 fully saturated rings. The molecule has 27 heavy (non-hydrogen) atoms. The molecule has 0 unspecified atom stereocenters. The molecule has 144 valence electrons. The third-order valence-corrected chi connectivity index (χ3v) is 5.86. The molecule has 1 nitrogen and oxygen atoms in total. The highest BCUT2D eigenvalue weighted by Gasteiger charge is 2.21. The van der Waals surface area contributed by atoms with Crippen LogP contribution in [-0.4, -0.2) is 6.61 Å². The molecule has 2 aromatic rings. The van der Waals surface area contributed by atoms with Crippen molar-refractivity contribution in [3.63, 3.8) is 0 Å². The molecule has 3 rings (SSSR count). The lowest BCUT2D eigenvalue weighted by Crippen LogP contribution is -2.12. The second kappa shape index (κ2) is 10.5. The van der Waals surface area contributed by atoms with Crippen molar-refractivity contribution < 1.29 is 4.74 Å². The molecule has 1 heteroatoms. The largest absolute Gasteiger partial charge is 0.377 e. The van der Waals surface area contributed by atoms with Crippen LogP contribution in [0.3, 0.4) is 0 Å². The van der Waals surface area contributed by atoms with Gasteiger partial charge < -0.3 is 4.74 Å². The summed E-state index contributed by atoms with van der Waals surface area (Å²) < 4.78 is 5.48. The second-order valence-corrected chi connectivity index (χ2v) is 7.79. The highest BCUT2D eigenvalue weighted by molar-refractivity contribution is 5.64. The Morgan fingerprint density at radius 3 is 2.04 bits per heavy atom. The van der Waals surface area contributed by atoms with Crippen LogP contribution in [0.4, 0.5) is 0 Å². The fraction of sp³-hybridized carbons (Fsp3) is 0.462. The van der Waals surface area contributed by atoms with Crippen molar-refractivity contribution in [3.8, 4) is 11.1 Å². The molecule has 1 saturated carbocycles. The van der Waals surface area contributed by atoms with Crippen LogP contribution in [0.1, 0.15) is 69.4 Å². The van der Waals surface area contributed by atoms with Gasteiger partial charge in [0.2, 0.25) is 0 Å². The molecule has 0 N–H and O–H groups in total. The fourth-order valence-electron chi connectivity index (χ4n) is 4.15. The minimum absolute atomic E-state index is 0.701. The van der Waals surface area contributed by atoms with E-state index in [1.807, 2.05) is 6.92 Å². The summed E-state index contributed by atoms with van der Waals surface area (Å²) >= 11 is 0. The zero-order chi connectivity index (χ0) is 18.9. The minimum atomic E-state index is 0.701. The highest BCUT2D eigenvalue weighted by atomic mass is 16.5. The summed E-state index contributed by atoms with van der Waals surface area (Å²) in [4.78, 5) is 0. The van der Waals surface area contributed by atoms with Gasteiger partial charge in [-0.1, -0.05) is 67.6 Å². The Hall–Kier alpha value is -1.86. The molecule has 2 aromatic carbocycles. The highest BCUT2D eigenvalue weighted by Crippen LogP contribution is 2.37. The lowest BCUT2D eigenvalue weighted by Gasteiger charge is -2.28. The normalized spacial score (nSPS) is 20.2. The van der Waals surface area contributed by atoms with Crippen molar-refractivity contribution in [3.05, 3.63) is 71.8 Å². The van der Waals surface area contributed by atoms with Gasteiger partial charge in [-0.15, -0.1) is 0 Å². The number of rotatable bonds is 8. The van der Waals surface area contributed by atoms with E-state index in [9.17, 15) is 0 Å². The third-order valence-electron chi connectivity index (χ3n) is 5.86. The molecule has 0 aromatic heterocycles. The maximum absolute atomic E-state index is 5.48. The van der Waals surface area contributed by atoms with Crippen molar-refractivity contribution in [2.75, 3.05) is 6.61 Å². The van der Waals surface area contributed by atoms with E-state index in [1.54, 1.807) is 0 Å². The third kappa shape index (κ3) is 5.81. The summed E-state index contributed by atoms with van der Waals surface area (Å²) in [6, 6.07) is 18.1. The van der Waals surface area contributed by atoms with Gasteiger partial charge in [0.15, 0.2) is 0 Å². The Kier molecular flexibility index (Phi) is 7.71. The van der Waals surface area contributed by atoms with Crippen LogP contribution < -0.4 is 0 Å². The van der Waals surface area contributed by atoms with Gasteiger partial charge >= 0.3 is 0 Å². The predicted octanol–water partition coefficient (Wildman–Crippen LogP) is 7.52. The quantitative estimate of drug-likeness (QED) is 0.441. The number of allylic oxidation sites excluding steroid dienone is 2. The van der Waals surface area contributed by atoms with Crippen molar-refractivity contribution >= 4 is 0 Å². The average molecular weight is 363 g/mol. The summed E-state index contributed by atoms with van der Waals surface area (Å²) in [6.07, 6.45) is 12.6. The maximum atomic E-state index is 5.48. The number of ether oxygens (including phenoxy) is 1. The van der Waals surface area contributed by atoms with E-state index in [0.717, 1.165) is 24.9 Å². The van der Waals surface area contributed by atoms with Gasteiger partial charge in [-0.05, 0) is 79.5 Å². The lowest BCUT2D eigenvalue weighted by molar-refractivity contribution is 0.134. The summed E-state index contributed by atoms with van der Waals surface area (Å²) in [5.41, 5.74) is 5.35. The maximum Gasteiger partial charge on any atom is 0.0716 e. The molecular weight excluding hydrogens is 328 g/mol. The first-order valence-electron chi connectivity index (χ1n) is 10.7. The van der Waals surface area contributed by atoms with Crippen LogP contribution in [0.2, 0.25) is 0 Å². The molecule has 1 aliphatic carbocycles. The lowest BCUT2D eigenvalue weighted by atomic mass is 9.77. The van der Waals surface area contributed by atoms with Crippen LogP contribution in [0, 0.1) is 5.92 Å². The van der Waals surface area contributed by atoms with E-state index in [1.165, 1.54) is 54.4 Å². The molecule has 0 aliphatic heterocycles. The summed E-state index contributed by atoms with van der Waals surface area (Å²) in [6.45, 7) is 5.71.